The third-order valence-corrected chi connectivity index (χ3v) is 4.28. The van der Waals surface area contributed by atoms with Crippen LogP contribution in [-0.2, 0) is 30.6 Å². The molecule has 3 aromatic carbocycles. The number of hydrogen-bond donors (Lipinski definition) is 1. The second kappa shape index (κ2) is 17.2. The first-order chi connectivity index (χ1) is 15.1. The fourth-order valence-electron chi connectivity index (χ4n) is 2.74. The first kappa shape index (κ1) is 32.8. The normalized spacial score (nSPS) is 9.76. The number of rotatable bonds is 7. The maximum absolute atomic E-state index is 12.2. The van der Waals surface area contributed by atoms with E-state index in [9.17, 15) is 10.2 Å². The average Bonchev–Trinajstić information content (AvgIpc) is 2.81. The molecular weight excluding hydrogens is 479 g/mol. The molecule has 0 amide bonds. The first-order valence-electron chi connectivity index (χ1n) is 9.38. The van der Waals surface area contributed by atoms with Crippen molar-refractivity contribution in [2.75, 3.05) is 21.3 Å². The number of ether oxygens (including phenoxy) is 2. The fraction of sp³-hybridized carbons (Fsp3) is 0.167. The Labute approximate surface area is 210 Å². The molecule has 0 unspecified atom stereocenters. The minimum absolute atomic E-state index is 0. The van der Waals surface area contributed by atoms with Gasteiger partial charge in [-0.05, 0) is 34.9 Å². The quantitative estimate of drug-likeness (QED) is 0.483. The SMILES string of the molecule is CO.COc1cccc(C=NCc2ccccc2N=Cc2cccc(OC)c2[O-])c1[O-].O.[O-2].[V+4]. The summed E-state index contributed by atoms with van der Waals surface area (Å²) in [7, 11) is 3.92. The Kier molecular flexibility index (Phi) is 16.6. The minimum Gasteiger partial charge on any atom is -2.00 e. The average molecular weight is 505 g/mol. The van der Waals surface area contributed by atoms with Gasteiger partial charge in [0, 0.05) is 19.5 Å². The third-order valence-electron chi connectivity index (χ3n) is 4.28. The van der Waals surface area contributed by atoms with E-state index in [-0.39, 0.29) is 52.5 Å². The summed E-state index contributed by atoms with van der Waals surface area (Å²) in [5.41, 5.74) is 2.46. The number of benzene rings is 3. The summed E-state index contributed by atoms with van der Waals surface area (Å²) >= 11 is 0. The summed E-state index contributed by atoms with van der Waals surface area (Å²) < 4.78 is 10.1. The molecule has 3 rings (SSSR count). The summed E-state index contributed by atoms with van der Waals surface area (Å²) in [6, 6.07) is 17.6. The van der Waals surface area contributed by atoms with E-state index in [1.165, 1.54) is 26.6 Å². The van der Waals surface area contributed by atoms with Crippen LogP contribution in [-0.4, -0.2) is 44.3 Å². The van der Waals surface area contributed by atoms with E-state index in [2.05, 4.69) is 9.98 Å². The molecule has 0 fully saturated rings. The van der Waals surface area contributed by atoms with Gasteiger partial charge >= 0.3 is 18.6 Å². The van der Waals surface area contributed by atoms with E-state index >= 15 is 0 Å². The number of nitrogens with zero attached hydrogens (tertiary/aromatic N) is 2. The van der Waals surface area contributed by atoms with Crippen molar-refractivity contribution in [2.45, 2.75) is 6.54 Å². The van der Waals surface area contributed by atoms with Gasteiger partial charge in [-0.15, -0.1) is 0 Å². The molecule has 9 nitrogen and oxygen atoms in total. The number of hydrogen-bond acceptors (Lipinski definition) is 7. The minimum atomic E-state index is -0.213. The zero-order chi connectivity index (χ0) is 22.6. The van der Waals surface area contributed by atoms with E-state index < -0.39 is 0 Å². The van der Waals surface area contributed by atoms with Crippen molar-refractivity contribution < 1.29 is 54.3 Å². The van der Waals surface area contributed by atoms with Crippen molar-refractivity contribution in [3.8, 4) is 23.0 Å². The molecule has 0 saturated heterocycles. The zero-order valence-corrected chi connectivity index (χ0v) is 20.4. The van der Waals surface area contributed by atoms with E-state index in [0.717, 1.165) is 12.7 Å². The van der Waals surface area contributed by atoms with Crippen LogP contribution in [0.4, 0.5) is 5.69 Å². The summed E-state index contributed by atoms with van der Waals surface area (Å²) in [6.07, 6.45) is 3.05. The Morgan fingerprint density at radius 2 is 1.29 bits per heavy atom. The molecule has 0 saturated carbocycles. The first-order valence-corrected chi connectivity index (χ1v) is 9.38. The van der Waals surface area contributed by atoms with Gasteiger partial charge in [-0.3, -0.25) is 9.98 Å². The third kappa shape index (κ3) is 8.55. The molecule has 10 heteroatoms. The Hall–Kier alpha value is -3.34. The van der Waals surface area contributed by atoms with E-state index in [0.29, 0.717) is 23.4 Å². The van der Waals surface area contributed by atoms with Crippen molar-refractivity contribution in [3.05, 3.63) is 77.4 Å². The van der Waals surface area contributed by atoms with E-state index in [4.69, 9.17) is 14.6 Å². The maximum Gasteiger partial charge on any atom is 4.00 e. The van der Waals surface area contributed by atoms with Crippen LogP contribution < -0.4 is 19.7 Å². The van der Waals surface area contributed by atoms with Crippen LogP contribution in [0.1, 0.15) is 16.7 Å². The van der Waals surface area contributed by atoms with Crippen molar-refractivity contribution >= 4 is 18.1 Å². The second-order valence-corrected chi connectivity index (χ2v) is 6.11. The van der Waals surface area contributed by atoms with Gasteiger partial charge in [0.2, 0.25) is 0 Å². The van der Waals surface area contributed by atoms with E-state index in [1.54, 1.807) is 36.4 Å². The molecule has 0 aliphatic heterocycles. The second-order valence-electron chi connectivity index (χ2n) is 6.11. The van der Waals surface area contributed by atoms with Crippen molar-refractivity contribution in [1.29, 1.82) is 0 Å². The molecule has 0 bridgehead atoms. The molecule has 1 radical (unpaired) electrons. The number of aliphatic hydroxyl groups excluding tert-OH is 1. The predicted molar refractivity (Wildman–Crippen MR) is 122 cm³/mol. The molecule has 0 heterocycles. The molecule has 0 aliphatic rings. The summed E-state index contributed by atoms with van der Waals surface area (Å²) in [5, 5.41) is 31.4. The largest absolute Gasteiger partial charge is 4.00 e. The molecule has 34 heavy (non-hydrogen) atoms. The van der Waals surface area contributed by atoms with Gasteiger partial charge in [-0.2, -0.15) is 0 Å². The topological polar surface area (TPSA) is 170 Å². The van der Waals surface area contributed by atoms with Crippen molar-refractivity contribution in [2.24, 2.45) is 9.98 Å². The molecule has 3 aromatic rings. The van der Waals surface area contributed by atoms with Crippen molar-refractivity contribution in [1.82, 2.24) is 0 Å². The number of para-hydroxylation sites is 3. The molecule has 0 atom stereocenters. The van der Waals surface area contributed by atoms with Crippen LogP contribution in [0, 0.1) is 0 Å². The molecule has 3 N–H and O–H groups in total. The Morgan fingerprint density at radius 1 is 0.794 bits per heavy atom. The Morgan fingerprint density at radius 3 is 1.82 bits per heavy atom. The van der Waals surface area contributed by atoms with Gasteiger partial charge in [0.05, 0.1) is 26.5 Å². The number of methoxy groups -OCH3 is 2. The summed E-state index contributed by atoms with van der Waals surface area (Å²) in [5.74, 6) is 0.144. The summed E-state index contributed by atoms with van der Waals surface area (Å²) in [6.45, 7) is 0.340. The van der Waals surface area contributed by atoms with Crippen LogP contribution in [0.25, 0.3) is 0 Å². The predicted octanol–water partition coefficient (Wildman–Crippen LogP) is 1.88. The van der Waals surface area contributed by atoms with Gasteiger partial charge in [0.25, 0.3) is 0 Å². The molecule has 0 aliphatic carbocycles. The van der Waals surface area contributed by atoms with Gasteiger partial charge in [-0.25, -0.2) is 0 Å². The Bertz CT molecular complexity index is 1060. The number of aliphatic imine (C=N–C) groups is 2. The van der Waals surface area contributed by atoms with Crippen LogP contribution in [0.3, 0.4) is 0 Å². The van der Waals surface area contributed by atoms with Gasteiger partial charge in [0.15, 0.2) is 0 Å². The molecular formula is C24H26N2O7V. The van der Waals surface area contributed by atoms with Gasteiger partial charge in [0.1, 0.15) is 11.5 Å². The van der Waals surface area contributed by atoms with Crippen LogP contribution in [0.2, 0.25) is 0 Å². The maximum atomic E-state index is 12.2. The van der Waals surface area contributed by atoms with Crippen LogP contribution >= 0.6 is 0 Å². The van der Waals surface area contributed by atoms with Crippen molar-refractivity contribution in [3.63, 3.8) is 0 Å². The van der Waals surface area contributed by atoms with Crippen LogP contribution in [0.15, 0.2) is 70.6 Å². The molecule has 0 spiro atoms. The van der Waals surface area contributed by atoms with Gasteiger partial charge in [-0.1, -0.05) is 54.0 Å². The van der Waals surface area contributed by atoms with Crippen LogP contribution in [0.5, 0.6) is 23.0 Å². The standard InChI is InChI=1S/C23H22N2O4.CH4O.H2O.O.V/c1-28-20-11-5-8-17(22(20)26)14-24-13-16-7-3-4-10-19(16)25-15-18-9-6-12-21(29-2)23(18)27;1-2;;;/h3-12,14-15,26-27H,13H2,1-2H3;2H,1H3;1H2;;/q;;;-2;+4/p-2. The van der Waals surface area contributed by atoms with Gasteiger partial charge < -0.3 is 35.7 Å². The monoisotopic (exact) mass is 505 g/mol. The molecule has 179 valence electrons. The zero-order valence-electron chi connectivity index (χ0n) is 19.0. The van der Waals surface area contributed by atoms with E-state index in [1.807, 2.05) is 24.3 Å². The summed E-state index contributed by atoms with van der Waals surface area (Å²) in [4.78, 5) is 8.82. The Balaban J connectivity index is 0. The fourth-order valence-corrected chi connectivity index (χ4v) is 2.74. The number of aliphatic hydroxyl groups is 1. The smallest absolute Gasteiger partial charge is 2.00 e. The molecule has 0 aromatic heterocycles.